The molecule has 0 aliphatic rings. The smallest absolute Gasteiger partial charge is 0.222 e. The van der Waals surface area contributed by atoms with Gasteiger partial charge in [0.1, 0.15) is 17.3 Å². The first-order chi connectivity index (χ1) is 16.2. The third-order valence-electron chi connectivity index (χ3n) is 5.26. The molecule has 1 N–H and O–H groups in total. The first-order valence-electron chi connectivity index (χ1n) is 11.8. The molecule has 0 fully saturated rings. The maximum Gasteiger partial charge on any atom is 0.222 e. The highest BCUT2D eigenvalue weighted by molar-refractivity contribution is 5.65. The largest absolute Gasteiger partial charge is 0.439 e. The number of benzene rings is 2. The van der Waals surface area contributed by atoms with Crippen molar-refractivity contribution in [3.63, 3.8) is 0 Å². The van der Waals surface area contributed by atoms with Gasteiger partial charge in [-0.15, -0.1) is 0 Å². The maximum atomic E-state index is 13.4. The van der Waals surface area contributed by atoms with Crippen LogP contribution in [-0.4, -0.2) is 51.2 Å². The Labute approximate surface area is 201 Å². The molecular formula is C27H36FN3O3. The van der Waals surface area contributed by atoms with E-state index in [-0.39, 0.29) is 18.0 Å². The molecule has 0 radical (unpaired) electrons. The van der Waals surface area contributed by atoms with Crippen molar-refractivity contribution in [1.82, 2.24) is 14.7 Å². The highest BCUT2D eigenvalue weighted by atomic mass is 19.1. The van der Waals surface area contributed by atoms with Gasteiger partial charge in [0, 0.05) is 25.7 Å². The lowest BCUT2D eigenvalue weighted by Gasteiger charge is -2.27. The molecule has 0 aliphatic heterocycles. The molecule has 1 heterocycles. The van der Waals surface area contributed by atoms with E-state index in [1.165, 1.54) is 12.1 Å². The minimum absolute atomic E-state index is 0.265. The summed E-state index contributed by atoms with van der Waals surface area (Å²) >= 11 is 0. The predicted octanol–water partition coefficient (Wildman–Crippen LogP) is 5.41. The van der Waals surface area contributed by atoms with Crippen molar-refractivity contribution in [2.75, 3.05) is 19.7 Å². The molecule has 7 heteroatoms. The van der Waals surface area contributed by atoms with Crippen LogP contribution in [-0.2, 0) is 18.3 Å². The molecule has 0 aliphatic carbocycles. The van der Waals surface area contributed by atoms with Crippen LogP contribution < -0.4 is 4.74 Å². The molecule has 0 spiro atoms. The van der Waals surface area contributed by atoms with Crippen molar-refractivity contribution in [1.29, 1.82) is 0 Å². The number of aromatic nitrogens is 2. The molecule has 0 saturated heterocycles. The van der Waals surface area contributed by atoms with E-state index in [4.69, 9.17) is 14.6 Å². The highest BCUT2D eigenvalue weighted by Crippen LogP contribution is 2.34. The van der Waals surface area contributed by atoms with E-state index in [2.05, 4.69) is 11.8 Å². The topological polar surface area (TPSA) is 59.8 Å². The average molecular weight is 470 g/mol. The summed E-state index contributed by atoms with van der Waals surface area (Å²) in [6.45, 7) is 10.1. The minimum Gasteiger partial charge on any atom is -0.439 e. The predicted molar refractivity (Wildman–Crippen MR) is 132 cm³/mol. The van der Waals surface area contributed by atoms with E-state index in [1.54, 1.807) is 16.8 Å². The van der Waals surface area contributed by atoms with E-state index < -0.39 is 6.10 Å². The molecule has 34 heavy (non-hydrogen) atoms. The minimum atomic E-state index is -0.621. The Balaban J connectivity index is 1.91. The number of nitrogens with zero attached hydrogens (tertiary/aromatic N) is 3. The Kier molecular flexibility index (Phi) is 8.83. The van der Waals surface area contributed by atoms with Crippen LogP contribution in [0.3, 0.4) is 0 Å². The molecule has 1 aromatic heterocycles. The number of aliphatic hydroxyl groups is 1. The van der Waals surface area contributed by atoms with Gasteiger partial charge in [0.2, 0.25) is 5.88 Å². The third-order valence-corrected chi connectivity index (χ3v) is 5.26. The van der Waals surface area contributed by atoms with Crippen LogP contribution in [0.1, 0.15) is 39.7 Å². The zero-order valence-corrected chi connectivity index (χ0v) is 20.8. The molecule has 3 aromatic rings. The highest BCUT2D eigenvalue weighted by Gasteiger charge is 2.24. The molecule has 0 unspecified atom stereocenters. The summed E-state index contributed by atoms with van der Waals surface area (Å²) < 4.78 is 27.1. The van der Waals surface area contributed by atoms with Crippen molar-refractivity contribution in [3.8, 4) is 22.9 Å². The van der Waals surface area contributed by atoms with Crippen molar-refractivity contribution in [2.45, 2.75) is 52.4 Å². The van der Waals surface area contributed by atoms with Crippen molar-refractivity contribution in [2.24, 2.45) is 7.05 Å². The number of ether oxygens (including phenoxy) is 2. The van der Waals surface area contributed by atoms with E-state index >= 15 is 0 Å². The summed E-state index contributed by atoms with van der Waals surface area (Å²) in [5.74, 6) is 0.807. The summed E-state index contributed by atoms with van der Waals surface area (Å²) in [6.07, 6.45) is 0.311. The number of aliphatic hydroxyl groups excluding tert-OH is 1. The number of aryl methyl sites for hydroxylation is 1. The van der Waals surface area contributed by atoms with E-state index in [0.717, 1.165) is 29.8 Å². The summed E-state index contributed by atoms with van der Waals surface area (Å²) in [5.41, 5.74) is 2.41. The molecule has 0 saturated carbocycles. The fraction of sp³-hybridized carbons (Fsp3) is 0.444. The summed E-state index contributed by atoms with van der Waals surface area (Å²) in [7, 11) is 1.84. The van der Waals surface area contributed by atoms with Crippen LogP contribution in [0, 0.1) is 5.82 Å². The Hall–Kier alpha value is -2.74. The number of hydrogen-bond acceptors (Lipinski definition) is 5. The maximum absolute atomic E-state index is 13.4. The molecular weight excluding hydrogens is 433 g/mol. The van der Waals surface area contributed by atoms with Gasteiger partial charge in [0.15, 0.2) is 0 Å². The van der Waals surface area contributed by atoms with Gasteiger partial charge in [-0.3, -0.25) is 4.90 Å². The molecule has 1 atom stereocenters. The van der Waals surface area contributed by atoms with Crippen LogP contribution >= 0.6 is 0 Å². The average Bonchev–Trinajstić information content (AvgIpc) is 3.09. The van der Waals surface area contributed by atoms with Crippen molar-refractivity contribution < 1.29 is 19.0 Å². The lowest BCUT2D eigenvalue weighted by Crippen LogP contribution is -2.37. The van der Waals surface area contributed by atoms with Crippen molar-refractivity contribution in [3.05, 3.63) is 66.0 Å². The molecule has 3 rings (SSSR count). The molecule has 6 nitrogen and oxygen atoms in total. The van der Waals surface area contributed by atoms with Gasteiger partial charge >= 0.3 is 0 Å². The summed E-state index contributed by atoms with van der Waals surface area (Å²) in [6, 6.07) is 15.9. The molecule has 0 bridgehead atoms. The monoisotopic (exact) mass is 469 g/mol. The Morgan fingerprint density at radius 2 is 1.76 bits per heavy atom. The van der Waals surface area contributed by atoms with Gasteiger partial charge in [-0.25, -0.2) is 9.07 Å². The summed E-state index contributed by atoms with van der Waals surface area (Å²) in [5, 5.41) is 15.4. The number of hydrogen-bond donors (Lipinski definition) is 1. The third kappa shape index (κ3) is 7.38. The Morgan fingerprint density at radius 3 is 2.38 bits per heavy atom. The summed E-state index contributed by atoms with van der Waals surface area (Å²) in [4.78, 5) is 2.19. The standard InChI is InChI=1S/C27H36FN3O3/c1-6-16-31(17-22(32)19-33-27(2,3)4)18-24-25(20-10-8-7-9-11-20)29-30(5)26(24)34-23-14-12-21(28)13-15-23/h7-15,22,32H,6,16-19H2,1-5H3/t22-/m0/s1. The van der Waals surface area contributed by atoms with Crippen LogP contribution in [0.4, 0.5) is 4.39 Å². The zero-order valence-electron chi connectivity index (χ0n) is 20.8. The van der Waals surface area contributed by atoms with Gasteiger partial charge in [-0.1, -0.05) is 37.3 Å². The Morgan fingerprint density at radius 1 is 1.09 bits per heavy atom. The zero-order chi connectivity index (χ0) is 24.7. The van der Waals surface area contributed by atoms with Crippen molar-refractivity contribution >= 4 is 0 Å². The van der Waals surface area contributed by atoms with Gasteiger partial charge in [-0.2, -0.15) is 5.10 Å². The van der Waals surface area contributed by atoms with E-state index in [1.807, 2.05) is 58.2 Å². The number of rotatable bonds is 11. The van der Waals surface area contributed by atoms with Crippen LogP contribution in [0.25, 0.3) is 11.3 Å². The Bertz CT molecular complexity index is 1030. The van der Waals surface area contributed by atoms with Crippen LogP contribution in [0.15, 0.2) is 54.6 Å². The SMILES string of the molecule is CCCN(Cc1c(-c2ccccc2)nn(C)c1Oc1ccc(F)cc1)C[C@H](O)COC(C)(C)C. The van der Waals surface area contributed by atoms with Gasteiger partial charge in [0.25, 0.3) is 0 Å². The first-order valence-corrected chi connectivity index (χ1v) is 11.8. The van der Waals surface area contributed by atoms with Gasteiger partial charge < -0.3 is 14.6 Å². The first kappa shape index (κ1) is 25.9. The van der Waals surface area contributed by atoms with Gasteiger partial charge in [-0.05, 0) is 58.0 Å². The quantitative estimate of drug-likeness (QED) is 0.407. The van der Waals surface area contributed by atoms with E-state index in [9.17, 15) is 9.50 Å². The van der Waals surface area contributed by atoms with Crippen LogP contribution in [0.5, 0.6) is 11.6 Å². The molecule has 2 aromatic carbocycles. The fourth-order valence-electron chi connectivity index (χ4n) is 3.74. The second-order valence-electron chi connectivity index (χ2n) is 9.49. The fourth-order valence-corrected chi connectivity index (χ4v) is 3.74. The lowest BCUT2D eigenvalue weighted by molar-refractivity contribution is -0.0566. The molecule has 184 valence electrons. The second-order valence-corrected chi connectivity index (χ2v) is 9.49. The van der Waals surface area contributed by atoms with Crippen LogP contribution in [0.2, 0.25) is 0 Å². The van der Waals surface area contributed by atoms with E-state index in [0.29, 0.717) is 24.7 Å². The van der Waals surface area contributed by atoms with Gasteiger partial charge in [0.05, 0.1) is 23.9 Å². The number of halogens is 1. The molecule has 0 amide bonds. The lowest BCUT2D eigenvalue weighted by atomic mass is 10.1. The normalized spacial score (nSPS) is 12.8. The second kappa shape index (κ2) is 11.6.